The van der Waals surface area contributed by atoms with Gasteiger partial charge in [0.25, 0.3) is 5.56 Å². The number of alkyl halides is 1. The van der Waals surface area contributed by atoms with Gasteiger partial charge < -0.3 is 25.8 Å². The van der Waals surface area contributed by atoms with Gasteiger partial charge in [0.05, 0.1) is 31.7 Å². The van der Waals surface area contributed by atoms with Crippen LogP contribution in [0.25, 0.3) is 21.5 Å². The molecule has 6 N–H and O–H groups in total. The van der Waals surface area contributed by atoms with Gasteiger partial charge in [-0.25, -0.2) is 28.5 Å². The molecule has 0 aliphatic carbocycles. The number of aromatic nitrogens is 7. The summed E-state index contributed by atoms with van der Waals surface area (Å²) in [6.45, 7) is -7.84. The number of nitrogen functional groups attached to an aromatic ring is 2. The Labute approximate surface area is 271 Å². The van der Waals surface area contributed by atoms with Gasteiger partial charge in [-0.15, -0.1) is 0 Å². The number of ether oxygens (including phenoxy) is 2. The van der Waals surface area contributed by atoms with Crippen molar-refractivity contribution in [1.82, 2.24) is 34.1 Å². The number of nitrogens with one attached hydrogen (secondary N) is 1. The number of fused-ring (bicyclic) bond motifs is 2. The molecule has 250 valence electrons. The third kappa shape index (κ3) is 6.63. The number of anilines is 2. The highest BCUT2D eigenvalue weighted by atomic mass is 32.7. The predicted octanol–water partition coefficient (Wildman–Crippen LogP) is 1.80. The maximum absolute atomic E-state index is 15.4. The largest absolute Gasteiger partial charge is 0.386 e. The Morgan fingerprint density at radius 3 is 2.65 bits per heavy atom. The molecule has 46 heavy (non-hydrogen) atoms. The Morgan fingerprint density at radius 1 is 1.15 bits per heavy atom. The van der Waals surface area contributed by atoms with Crippen molar-refractivity contribution in [3.63, 3.8) is 0 Å². The zero-order chi connectivity index (χ0) is 33.1. The maximum atomic E-state index is 15.4. The van der Waals surface area contributed by atoms with E-state index < -0.39 is 80.1 Å². The van der Waals surface area contributed by atoms with Gasteiger partial charge in [0, 0.05) is 12.3 Å². The van der Waals surface area contributed by atoms with Crippen LogP contribution in [-0.2, 0) is 32.2 Å². The molecule has 6 heterocycles. The quantitative estimate of drug-likeness (QED) is 0.0999. The lowest BCUT2D eigenvalue weighted by Gasteiger charge is -2.24. The molecule has 3 unspecified atom stereocenters. The molecular weight excluding hydrogens is 715 g/mol. The van der Waals surface area contributed by atoms with E-state index in [-0.39, 0.29) is 39.7 Å². The van der Waals surface area contributed by atoms with E-state index in [9.17, 15) is 23.6 Å². The van der Waals surface area contributed by atoms with Gasteiger partial charge >= 0.3 is 18.5 Å². The Hall–Kier alpha value is -2.43. The van der Waals surface area contributed by atoms with Gasteiger partial charge in [-0.2, -0.15) is 4.98 Å². The number of halogens is 1. The van der Waals surface area contributed by atoms with Crippen molar-refractivity contribution in [2.75, 3.05) is 24.7 Å². The van der Waals surface area contributed by atoms with E-state index in [1.807, 2.05) is 0 Å². The van der Waals surface area contributed by atoms with Crippen molar-refractivity contribution in [3.8, 4) is 0 Å². The normalized spacial score (nSPS) is 29.4. The molecule has 0 saturated carbocycles. The SMILES string of the molecule is CC1[C@@H](F)[C@H](n2cnc3c(N)ncnc32)O[C@@H]1COP(=O)(S)O[C@@H]1C[C@@H](COP(=O)(O)S)O[C@H]1n1c(=O)sc2c(=O)[nH]c(N)nc21. The van der Waals surface area contributed by atoms with Crippen molar-refractivity contribution >= 4 is 82.7 Å². The first kappa shape index (κ1) is 33.5. The number of hydrogen-bond donors (Lipinski definition) is 6. The monoisotopic (exact) mass is 741 g/mol. The second-order valence-corrected chi connectivity index (χ2v) is 17.0. The summed E-state index contributed by atoms with van der Waals surface area (Å²) in [4.78, 5) is 52.6. The molecule has 0 aromatic carbocycles. The van der Waals surface area contributed by atoms with E-state index in [0.717, 1.165) is 4.57 Å². The maximum Gasteiger partial charge on any atom is 0.386 e. The molecule has 9 atom stereocenters. The summed E-state index contributed by atoms with van der Waals surface area (Å²) >= 11 is 8.11. The van der Waals surface area contributed by atoms with E-state index in [1.54, 1.807) is 6.92 Å². The number of hydrogen-bond acceptors (Lipinski definition) is 16. The van der Waals surface area contributed by atoms with Crippen LogP contribution in [0.3, 0.4) is 0 Å². The minimum absolute atomic E-state index is 0.0655. The highest BCUT2D eigenvalue weighted by Gasteiger charge is 2.47. The summed E-state index contributed by atoms with van der Waals surface area (Å²) in [5.74, 6) is -0.922. The third-order valence-electron chi connectivity index (χ3n) is 7.33. The van der Waals surface area contributed by atoms with Gasteiger partial charge in [0.1, 0.15) is 22.6 Å². The number of thiol groups is 2. The van der Waals surface area contributed by atoms with Crippen LogP contribution >= 0.6 is 49.4 Å². The molecule has 25 heteroatoms. The number of thiazole rings is 1. The van der Waals surface area contributed by atoms with E-state index in [4.69, 9.17) is 34.5 Å². The fourth-order valence-electron chi connectivity index (χ4n) is 5.17. The predicted molar refractivity (Wildman–Crippen MR) is 167 cm³/mol. The van der Waals surface area contributed by atoms with E-state index in [0.29, 0.717) is 11.3 Å². The van der Waals surface area contributed by atoms with Crippen LogP contribution < -0.4 is 21.9 Å². The van der Waals surface area contributed by atoms with Crippen molar-refractivity contribution < 1.29 is 41.5 Å². The van der Waals surface area contributed by atoms with E-state index in [1.165, 1.54) is 17.2 Å². The number of aromatic amines is 1. The van der Waals surface area contributed by atoms with Crippen LogP contribution in [0.2, 0.25) is 0 Å². The number of nitrogens with two attached hydrogens (primary N) is 2. The lowest BCUT2D eigenvalue weighted by molar-refractivity contribution is -0.0486. The number of rotatable bonds is 10. The van der Waals surface area contributed by atoms with Crippen LogP contribution in [0.5, 0.6) is 0 Å². The molecule has 0 amide bonds. The fourth-order valence-corrected chi connectivity index (χ4v) is 8.07. The van der Waals surface area contributed by atoms with E-state index >= 15 is 4.39 Å². The first-order valence-corrected chi connectivity index (χ1v) is 19.5. The van der Waals surface area contributed by atoms with Crippen LogP contribution in [0.15, 0.2) is 22.2 Å². The molecule has 2 aliphatic rings. The fraction of sp³-hybridized carbons (Fsp3) is 0.524. The summed E-state index contributed by atoms with van der Waals surface area (Å²) in [6, 6.07) is 0. The molecule has 2 saturated heterocycles. The standard InChI is InChI=1S/C21H26FN9O10P2S3/c1-7-10(40-19(11(7)22)30-6-27-12-14(23)25-5-26-15(12)30)4-38-43(36,45)41-9-2-8(3-37-42(34,35)44)39-18(9)31-16-13(46-21(31)33)17(32)29-20(24)28-16/h5-11,18-19H,2-4H2,1H3,(H,36,45)(H2,23,25,26)(H2,34,35,44)(H3,24,28,29,32)/t7?,8-,9+,10+,11+,18+,19+,43?/m0/s1. The zero-order valence-corrected chi connectivity index (χ0v) is 27.7. The molecule has 0 bridgehead atoms. The lowest BCUT2D eigenvalue weighted by atomic mass is 10.0. The molecule has 0 radical (unpaired) electrons. The lowest BCUT2D eigenvalue weighted by Crippen LogP contribution is -2.29. The molecular formula is C21H26FN9O10P2S3. The van der Waals surface area contributed by atoms with Crippen LogP contribution in [0.1, 0.15) is 25.8 Å². The third-order valence-corrected chi connectivity index (χ3v) is 10.7. The van der Waals surface area contributed by atoms with E-state index in [2.05, 4.69) is 49.4 Å². The van der Waals surface area contributed by atoms with Gasteiger partial charge in [0.15, 0.2) is 35.7 Å². The topological polar surface area (TPSA) is 264 Å². The van der Waals surface area contributed by atoms with Crippen molar-refractivity contribution in [1.29, 1.82) is 0 Å². The van der Waals surface area contributed by atoms with Gasteiger partial charge in [-0.3, -0.25) is 37.3 Å². The average Bonchev–Trinajstić information content (AvgIpc) is 3.71. The summed E-state index contributed by atoms with van der Waals surface area (Å²) in [6.07, 6.45) is -4.84. The Morgan fingerprint density at radius 2 is 1.91 bits per heavy atom. The highest BCUT2D eigenvalue weighted by molar-refractivity contribution is 8.44. The molecule has 4 aromatic heterocycles. The number of H-pyrrole nitrogens is 1. The highest BCUT2D eigenvalue weighted by Crippen LogP contribution is 2.57. The molecule has 6 rings (SSSR count). The van der Waals surface area contributed by atoms with Gasteiger partial charge in [-0.05, 0) is 0 Å². The van der Waals surface area contributed by atoms with Crippen LogP contribution in [0.4, 0.5) is 16.2 Å². The van der Waals surface area contributed by atoms with Gasteiger partial charge in [-0.1, -0.05) is 42.8 Å². The second-order valence-electron chi connectivity index (χ2n) is 10.4. The summed E-state index contributed by atoms with van der Waals surface area (Å²) in [7, 11) is 0. The first-order valence-electron chi connectivity index (χ1n) is 13.3. The van der Waals surface area contributed by atoms with Crippen LogP contribution in [0, 0.1) is 5.92 Å². The number of nitrogens with zero attached hydrogens (tertiary/aromatic N) is 6. The van der Waals surface area contributed by atoms with Crippen molar-refractivity contribution in [3.05, 3.63) is 32.7 Å². The zero-order valence-electron chi connectivity index (χ0n) is 23.4. The average molecular weight is 742 g/mol. The smallest absolute Gasteiger partial charge is 0.382 e. The molecule has 2 fully saturated rings. The molecule has 2 aliphatic heterocycles. The second kappa shape index (κ2) is 12.5. The first-order chi connectivity index (χ1) is 21.6. The van der Waals surface area contributed by atoms with Crippen molar-refractivity contribution in [2.24, 2.45) is 5.92 Å². The van der Waals surface area contributed by atoms with Crippen LogP contribution in [-0.4, -0.2) is 76.6 Å². The molecule has 0 spiro atoms. The summed E-state index contributed by atoms with van der Waals surface area (Å²) in [5, 5.41) is 0. The molecule has 19 nitrogen and oxygen atoms in total. The Kier molecular flexibility index (Phi) is 9.13. The van der Waals surface area contributed by atoms with Crippen molar-refractivity contribution in [2.45, 2.75) is 50.3 Å². The Bertz CT molecular complexity index is 2000. The molecule has 4 aromatic rings. The minimum Gasteiger partial charge on any atom is -0.382 e. The number of imidazole rings is 1. The van der Waals surface area contributed by atoms with Gasteiger partial charge in [0.2, 0.25) is 5.95 Å². The minimum atomic E-state index is -4.31. The summed E-state index contributed by atoms with van der Waals surface area (Å²) < 4.78 is 70.7. The Balaban J connectivity index is 1.20. The summed E-state index contributed by atoms with van der Waals surface area (Å²) in [5.41, 5.74) is 11.2.